The average Bonchev–Trinajstić information content (AvgIpc) is 3.24. The highest BCUT2D eigenvalue weighted by atomic mass is 79.9. The van der Waals surface area contributed by atoms with Crippen LogP contribution in [0, 0.1) is 0 Å². The number of fused-ring (bicyclic) bond motifs is 1. The van der Waals surface area contributed by atoms with E-state index < -0.39 is 12.1 Å². The van der Waals surface area contributed by atoms with Gasteiger partial charge in [0.05, 0.1) is 14.2 Å². The summed E-state index contributed by atoms with van der Waals surface area (Å²) in [7, 11) is 7.48. The van der Waals surface area contributed by atoms with Gasteiger partial charge in [-0.3, -0.25) is 0 Å². The lowest BCUT2D eigenvalue weighted by Crippen LogP contribution is -2.52. The van der Waals surface area contributed by atoms with Gasteiger partial charge in [0.25, 0.3) is 0 Å². The molecule has 214 valence electrons. The molecule has 2 amide bonds. The summed E-state index contributed by atoms with van der Waals surface area (Å²) in [4.78, 5) is 26.2. The topological polar surface area (TPSA) is 91.3 Å². The van der Waals surface area contributed by atoms with Crippen LogP contribution in [-0.4, -0.2) is 80.0 Å². The Bertz CT molecular complexity index is 1180. The van der Waals surface area contributed by atoms with Gasteiger partial charge in [0.15, 0.2) is 11.5 Å². The minimum atomic E-state index is -5.08. The van der Waals surface area contributed by atoms with Gasteiger partial charge in [-0.05, 0) is 75.2 Å². The summed E-state index contributed by atoms with van der Waals surface area (Å²) >= 11 is 3.46. The zero-order chi connectivity index (χ0) is 29.0. The second-order valence-corrected chi connectivity index (χ2v) is 10.7. The van der Waals surface area contributed by atoms with Gasteiger partial charge in [0.1, 0.15) is 0 Å². The molecule has 2 aromatic carbocycles. The summed E-state index contributed by atoms with van der Waals surface area (Å²) in [6.07, 6.45) is -1.00. The fourth-order valence-corrected chi connectivity index (χ4v) is 5.94. The fraction of sp³-hybridized carbons (Fsp3) is 0.481. The SMILES string of the molecule is COc1ccc(C23CCC(N(C)C(=O)Nc4cccc(Br)c4)CC2N(C)CC3)cc1OC.O=C(O)C(F)(F)F. The molecule has 1 aliphatic heterocycles. The van der Waals surface area contributed by atoms with E-state index in [0.29, 0.717) is 6.04 Å². The zero-order valence-corrected chi connectivity index (χ0v) is 23.8. The lowest BCUT2D eigenvalue weighted by Gasteiger charge is -2.46. The number of nitrogens with zero attached hydrogens (tertiary/aromatic N) is 2. The van der Waals surface area contributed by atoms with E-state index in [4.69, 9.17) is 19.4 Å². The number of likely N-dealkylation sites (N-methyl/N-ethyl adjacent to an activating group) is 1. The third-order valence-electron chi connectivity index (χ3n) is 7.64. The number of hydrogen-bond acceptors (Lipinski definition) is 5. The molecule has 1 aliphatic carbocycles. The van der Waals surface area contributed by atoms with E-state index >= 15 is 0 Å². The highest BCUT2D eigenvalue weighted by Gasteiger charge is 2.51. The van der Waals surface area contributed by atoms with Crippen molar-refractivity contribution in [3.05, 3.63) is 52.5 Å². The van der Waals surface area contributed by atoms with E-state index in [1.807, 2.05) is 42.3 Å². The van der Waals surface area contributed by atoms with E-state index in [1.165, 1.54) is 5.56 Å². The predicted molar refractivity (Wildman–Crippen MR) is 145 cm³/mol. The highest BCUT2D eigenvalue weighted by molar-refractivity contribution is 9.10. The summed E-state index contributed by atoms with van der Waals surface area (Å²) in [5.74, 6) is -1.22. The fourth-order valence-electron chi connectivity index (χ4n) is 5.54. The van der Waals surface area contributed by atoms with Crippen molar-refractivity contribution in [3.8, 4) is 11.5 Å². The summed E-state index contributed by atoms with van der Waals surface area (Å²) in [5.41, 5.74) is 2.18. The van der Waals surface area contributed by atoms with Crippen molar-refractivity contribution in [2.24, 2.45) is 0 Å². The number of ether oxygens (including phenoxy) is 2. The first-order valence-corrected chi connectivity index (χ1v) is 13.1. The lowest BCUT2D eigenvalue weighted by molar-refractivity contribution is -0.192. The third-order valence-corrected chi connectivity index (χ3v) is 8.14. The molecule has 8 nitrogen and oxygen atoms in total. The molecule has 1 heterocycles. The maximum atomic E-state index is 13.0. The molecule has 1 saturated carbocycles. The molecule has 2 N–H and O–H groups in total. The smallest absolute Gasteiger partial charge is 0.490 e. The Kier molecular flexibility index (Phi) is 9.76. The van der Waals surface area contributed by atoms with Crippen LogP contribution in [0.5, 0.6) is 11.5 Å². The summed E-state index contributed by atoms with van der Waals surface area (Å²) in [5, 5.41) is 10.2. The molecule has 3 unspecified atom stereocenters. The number of amides is 2. The number of rotatable bonds is 5. The molecular formula is C27H33BrF3N3O5. The van der Waals surface area contributed by atoms with Gasteiger partial charge in [-0.1, -0.05) is 28.1 Å². The van der Waals surface area contributed by atoms with Crippen molar-refractivity contribution in [3.63, 3.8) is 0 Å². The number of carbonyl (C=O) groups excluding carboxylic acids is 1. The van der Waals surface area contributed by atoms with Crippen molar-refractivity contribution in [2.45, 2.75) is 49.4 Å². The van der Waals surface area contributed by atoms with Crippen LogP contribution in [0.4, 0.5) is 23.7 Å². The van der Waals surface area contributed by atoms with Gasteiger partial charge < -0.3 is 29.7 Å². The van der Waals surface area contributed by atoms with E-state index in [2.05, 4.69) is 45.3 Å². The number of aliphatic carboxylic acids is 1. The first kappa shape index (κ1) is 30.6. The molecule has 2 aromatic rings. The number of likely N-dealkylation sites (tertiary alicyclic amines) is 1. The van der Waals surface area contributed by atoms with E-state index in [9.17, 15) is 18.0 Å². The summed E-state index contributed by atoms with van der Waals surface area (Å²) in [6.45, 7) is 1.06. The third kappa shape index (κ3) is 6.96. The van der Waals surface area contributed by atoms with Crippen LogP contribution >= 0.6 is 15.9 Å². The Morgan fingerprint density at radius 2 is 1.79 bits per heavy atom. The number of nitrogens with one attached hydrogen (secondary N) is 1. The quantitative estimate of drug-likeness (QED) is 0.444. The van der Waals surface area contributed by atoms with Crippen LogP contribution in [-0.2, 0) is 10.2 Å². The molecule has 2 aliphatic rings. The first-order valence-electron chi connectivity index (χ1n) is 12.3. The van der Waals surface area contributed by atoms with Crippen molar-refractivity contribution in [2.75, 3.05) is 40.2 Å². The van der Waals surface area contributed by atoms with E-state index in [1.54, 1.807) is 14.2 Å². The van der Waals surface area contributed by atoms with Crippen molar-refractivity contribution >= 4 is 33.6 Å². The van der Waals surface area contributed by atoms with E-state index in [0.717, 1.165) is 53.9 Å². The Balaban J connectivity index is 0.000000532. The van der Waals surface area contributed by atoms with Gasteiger partial charge in [0, 0.05) is 34.7 Å². The lowest BCUT2D eigenvalue weighted by atomic mass is 9.65. The molecule has 1 saturated heterocycles. The number of anilines is 1. The van der Waals surface area contributed by atoms with Crippen molar-refractivity contribution in [1.82, 2.24) is 9.80 Å². The average molecular weight is 616 g/mol. The van der Waals surface area contributed by atoms with E-state index in [-0.39, 0.29) is 17.5 Å². The highest BCUT2D eigenvalue weighted by Crippen LogP contribution is 2.50. The molecular weight excluding hydrogens is 583 g/mol. The Labute approximate surface area is 234 Å². The Morgan fingerprint density at radius 3 is 2.38 bits per heavy atom. The van der Waals surface area contributed by atoms with Crippen LogP contribution in [0.25, 0.3) is 0 Å². The number of halogens is 4. The van der Waals surface area contributed by atoms with Crippen molar-refractivity contribution in [1.29, 1.82) is 0 Å². The molecule has 39 heavy (non-hydrogen) atoms. The van der Waals surface area contributed by atoms with Gasteiger partial charge in [-0.25, -0.2) is 9.59 Å². The van der Waals surface area contributed by atoms with Crippen LogP contribution < -0.4 is 14.8 Å². The molecule has 12 heteroatoms. The van der Waals surface area contributed by atoms with Gasteiger partial charge >= 0.3 is 18.2 Å². The largest absolute Gasteiger partial charge is 0.493 e. The van der Waals surface area contributed by atoms with Crippen LogP contribution in [0.3, 0.4) is 0 Å². The van der Waals surface area contributed by atoms with Crippen molar-refractivity contribution < 1.29 is 37.3 Å². The number of methoxy groups -OCH3 is 2. The minimum absolute atomic E-state index is 0.0626. The maximum absolute atomic E-state index is 13.0. The molecule has 0 radical (unpaired) electrons. The number of urea groups is 1. The van der Waals surface area contributed by atoms with Gasteiger partial charge in [0.2, 0.25) is 0 Å². The van der Waals surface area contributed by atoms with Gasteiger partial charge in [-0.15, -0.1) is 0 Å². The van der Waals surface area contributed by atoms with Gasteiger partial charge in [-0.2, -0.15) is 13.2 Å². The number of carboxylic acid groups (broad SMARTS) is 1. The normalized spacial score (nSPS) is 22.7. The zero-order valence-electron chi connectivity index (χ0n) is 22.2. The monoisotopic (exact) mass is 615 g/mol. The second kappa shape index (κ2) is 12.5. The number of carboxylic acids is 1. The van der Waals surface area contributed by atoms with Crippen LogP contribution in [0.1, 0.15) is 31.2 Å². The minimum Gasteiger partial charge on any atom is -0.493 e. The number of alkyl halides is 3. The number of benzene rings is 2. The molecule has 0 bridgehead atoms. The molecule has 0 aromatic heterocycles. The summed E-state index contributed by atoms with van der Waals surface area (Å²) in [6, 6.07) is 14.6. The second-order valence-electron chi connectivity index (χ2n) is 9.75. The standard InChI is InChI=1S/C25H32BrN3O3.C2HF3O2/c1-28-13-12-25(17-8-9-21(31-3)22(14-17)32-4)11-10-20(16-23(25)28)29(2)24(30)27-19-7-5-6-18(26)15-19;3-2(4,5)1(6)7/h5-9,14-15,20,23H,10-13,16H2,1-4H3,(H,27,30);(H,6,7). The number of carbonyl (C=O) groups is 2. The Morgan fingerprint density at radius 1 is 1.13 bits per heavy atom. The maximum Gasteiger partial charge on any atom is 0.490 e. The summed E-state index contributed by atoms with van der Waals surface area (Å²) < 4.78 is 43.7. The molecule has 4 rings (SSSR count). The first-order chi connectivity index (χ1) is 18.3. The number of hydrogen-bond donors (Lipinski definition) is 2. The van der Waals surface area contributed by atoms with Crippen LogP contribution in [0.2, 0.25) is 0 Å². The molecule has 0 spiro atoms. The Hall–Kier alpha value is -2.99. The predicted octanol–water partition coefficient (Wildman–Crippen LogP) is 5.76. The van der Waals surface area contributed by atoms with Crippen LogP contribution in [0.15, 0.2) is 46.9 Å². The molecule has 3 atom stereocenters. The molecule has 2 fully saturated rings.